The highest BCUT2D eigenvalue weighted by atomic mass is 35.5. The predicted molar refractivity (Wildman–Crippen MR) is 88.4 cm³/mol. The summed E-state index contributed by atoms with van der Waals surface area (Å²) in [6.07, 6.45) is 2.32. The standard InChI is InChI=1S/C16H13ClN4O3/c1-20-9-12(8-18-20)21-15(22)13(16(23)24-2)7-14(19-21)10-3-5-11(17)6-4-10/h3-9H,1-2H3/i1D3. The van der Waals surface area contributed by atoms with E-state index in [1.54, 1.807) is 24.3 Å². The van der Waals surface area contributed by atoms with Crippen molar-refractivity contribution < 1.29 is 13.6 Å². The number of hydrogen-bond donors (Lipinski definition) is 0. The summed E-state index contributed by atoms with van der Waals surface area (Å²) >= 11 is 5.89. The molecule has 0 spiro atoms. The molecule has 24 heavy (non-hydrogen) atoms. The van der Waals surface area contributed by atoms with E-state index in [1.165, 1.54) is 12.3 Å². The quantitative estimate of drug-likeness (QED) is 0.678. The molecule has 7 nitrogen and oxygen atoms in total. The average Bonchev–Trinajstić information content (AvgIpc) is 3.12. The number of esters is 1. The van der Waals surface area contributed by atoms with Crippen LogP contribution in [-0.4, -0.2) is 32.6 Å². The van der Waals surface area contributed by atoms with Crippen LogP contribution in [0.15, 0.2) is 47.5 Å². The summed E-state index contributed by atoms with van der Waals surface area (Å²) in [5, 5.41) is 8.48. The molecule has 3 aromatic rings. The Morgan fingerprint density at radius 3 is 2.71 bits per heavy atom. The molecule has 1 aromatic carbocycles. The number of carbonyl (C=O) groups excluding carboxylic acids is 1. The van der Waals surface area contributed by atoms with Crippen molar-refractivity contribution in [2.45, 2.75) is 0 Å². The monoisotopic (exact) mass is 347 g/mol. The highest BCUT2D eigenvalue weighted by Gasteiger charge is 2.18. The van der Waals surface area contributed by atoms with Crippen LogP contribution >= 0.6 is 11.6 Å². The van der Waals surface area contributed by atoms with Crippen LogP contribution in [0.25, 0.3) is 16.9 Å². The Hall–Kier alpha value is -2.93. The van der Waals surface area contributed by atoms with Gasteiger partial charge in [0.05, 0.1) is 25.2 Å². The molecule has 0 fully saturated rings. The maximum Gasteiger partial charge on any atom is 0.343 e. The summed E-state index contributed by atoms with van der Waals surface area (Å²) in [5.41, 5.74) is -0.0179. The van der Waals surface area contributed by atoms with E-state index in [0.717, 1.165) is 22.7 Å². The second kappa shape index (κ2) is 6.29. The van der Waals surface area contributed by atoms with Crippen LogP contribution in [0, 0.1) is 0 Å². The van der Waals surface area contributed by atoms with Crippen molar-refractivity contribution in [3.05, 3.63) is 63.7 Å². The molecule has 0 saturated heterocycles. The second-order valence-electron chi connectivity index (χ2n) is 4.80. The van der Waals surface area contributed by atoms with Crippen LogP contribution in [0.1, 0.15) is 14.5 Å². The van der Waals surface area contributed by atoms with Gasteiger partial charge in [0.15, 0.2) is 0 Å². The van der Waals surface area contributed by atoms with Gasteiger partial charge in [-0.05, 0) is 18.2 Å². The fourth-order valence-corrected chi connectivity index (χ4v) is 2.24. The van der Waals surface area contributed by atoms with Gasteiger partial charge < -0.3 is 4.74 Å². The van der Waals surface area contributed by atoms with Crippen molar-refractivity contribution in [1.29, 1.82) is 0 Å². The van der Waals surface area contributed by atoms with Crippen LogP contribution in [0.5, 0.6) is 0 Å². The highest BCUT2D eigenvalue weighted by molar-refractivity contribution is 6.30. The molecule has 0 aliphatic rings. The first-order chi connectivity index (χ1) is 12.7. The maximum absolute atomic E-state index is 12.7. The zero-order chi connectivity index (χ0) is 19.8. The molecule has 0 saturated carbocycles. The summed E-state index contributed by atoms with van der Waals surface area (Å²) < 4.78 is 28.4. The lowest BCUT2D eigenvalue weighted by Crippen LogP contribution is -2.28. The number of halogens is 1. The highest BCUT2D eigenvalue weighted by Crippen LogP contribution is 2.20. The van der Waals surface area contributed by atoms with E-state index in [1.807, 2.05) is 0 Å². The molecule has 3 rings (SSSR count). The van der Waals surface area contributed by atoms with E-state index in [-0.39, 0.29) is 11.3 Å². The Kier molecular flexibility index (Phi) is 3.27. The van der Waals surface area contributed by atoms with Crippen LogP contribution in [0.3, 0.4) is 0 Å². The number of hydrogen-bond acceptors (Lipinski definition) is 5. The number of benzene rings is 1. The Bertz CT molecular complexity index is 1060. The van der Waals surface area contributed by atoms with Crippen LogP contribution in [-0.2, 0) is 11.7 Å². The molecule has 2 aromatic heterocycles. The number of ether oxygens (including phenoxy) is 1. The normalized spacial score (nSPS) is 13.0. The molecule has 0 aliphatic carbocycles. The minimum Gasteiger partial charge on any atom is -0.465 e. The topological polar surface area (TPSA) is 79.0 Å². The first-order valence-corrected chi connectivity index (χ1v) is 7.12. The first-order valence-electron chi connectivity index (χ1n) is 8.25. The smallest absolute Gasteiger partial charge is 0.343 e. The molecule has 122 valence electrons. The van der Waals surface area contributed by atoms with Gasteiger partial charge in [-0.3, -0.25) is 9.48 Å². The fraction of sp³-hybridized carbons (Fsp3) is 0.125. The van der Waals surface area contributed by atoms with Gasteiger partial charge in [0.2, 0.25) is 0 Å². The Balaban J connectivity index is 2.22. The van der Waals surface area contributed by atoms with Gasteiger partial charge in [-0.2, -0.15) is 14.9 Å². The van der Waals surface area contributed by atoms with Crippen molar-refractivity contribution in [3.8, 4) is 16.9 Å². The number of aryl methyl sites for hydroxylation is 1. The first kappa shape index (κ1) is 12.5. The lowest BCUT2D eigenvalue weighted by atomic mass is 10.1. The van der Waals surface area contributed by atoms with Gasteiger partial charge in [0.25, 0.3) is 5.56 Å². The third-order valence-electron chi connectivity index (χ3n) is 3.27. The van der Waals surface area contributed by atoms with Crippen LogP contribution in [0.4, 0.5) is 0 Å². The summed E-state index contributed by atoms with van der Waals surface area (Å²) in [7, 11) is 1.15. The zero-order valence-corrected chi connectivity index (χ0v) is 13.2. The van der Waals surface area contributed by atoms with Crippen molar-refractivity contribution in [3.63, 3.8) is 0 Å². The maximum atomic E-state index is 12.7. The van der Waals surface area contributed by atoms with Crippen molar-refractivity contribution in [1.82, 2.24) is 19.6 Å². The third-order valence-corrected chi connectivity index (χ3v) is 3.52. The molecular weight excluding hydrogens is 332 g/mol. The molecule has 0 unspecified atom stereocenters. The van der Waals surface area contributed by atoms with Gasteiger partial charge in [0, 0.05) is 21.7 Å². The van der Waals surface area contributed by atoms with Crippen LogP contribution in [0.2, 0.25) is 5.02 Å². The lowest BCUT2D eigenvalue weighted by molar-refractivity contribution is 0.0598. The minimum atomic E-state index is -2.51. The summed E-state index contributed by atoms with van der Waals surface area (Å²) in [6, 6.07) is 7.93. The van der Waals surface area contributed by atoms with Gasteiger partial charge >= 0.3 is 5.97 Å². The SMILES string of the molecule is [2H]C([2H])([2H])n1cc(-n2nc(-c3ccc(Cl)cc3)cc(C(=O)OC)c2=O)cn1. The third kappa shape index (κ3) is 2.93. The van der Waals surface area contributed by atoms with E-state index in [2.05, 4.69) is 14.9 Å². The van der Waals surface area contributed by atoms with Crippen molar-refractivity contribution in [2.75, 3.05) is 7.11 Å². The number of nitrogens with zero attached hydrogens (tertiary/aromatic N) is 4. The molecule has 0 atom stereocenters. The molecule has 0 amide bonds. The Morgan fingerprint density at radius 2 is 2.08 bits per heavy atom. The molecule has 0 bridgehead atoms. The van der Waals surface area contributed by atoms with E-state index in [0.29, 0.717) is 16.3 Å². The fourth-order valence-electron chi connectivity index (χ4n) is 2.11. The number of rotatable bonds is 3. The molecule has 0 N–H and O–H groups in total. The van der Waals surface area contributed by atoms with E-state index in [9.17, 15) is 9.59 Å². The Labute approximate surface area is 146 Å². The summed E-state index contributed by atoms with van der Waals surface area (Å²) in [4.78, 5) is 24.7. The predicted octanol–water partition coefficient (Wildman–Crippen LogP) is 2.07. The lowest BCUT2D eigenvalue weighted by Gasteiger charge is -2.08. The van der Waals surface area contributed by atoms with Gasteiger partial charge in [-0.15, -0.1) is 0 Å². The van der Waals surface area contributed by atoms with E-state index < -0.39 is 18.5 Å². The number of aromatic nitrogens is 4. The van der Waals surface area contributed by atoms with Crippen molar-refractivity contribution >= 4 is 17.6 Å². The molecule has 8 heteroatoms. The molecular formula is C16H13ClN4O3. The number of carbonyl (C=O) groups is 1. The summed E-state index contributed by atoms with van der Waals surface area (Å²) in [6.45, 7) is -2.51. The van der Waals surface area contributed by atoms with Gasteiger partial charge in [0.1, 0.15) is 11.3 Å². The van der Waals surface area contributed by atoms with Crippen LogP contribution < -0.4 is 5.56 Å². The Morgan fingerprint density at radius 1 is 1.33 bits per heavy atom. The largest absolute Gasteiger partial charge is 0.465 e. The zero-order valence-electron chi connectivity index (χ0n) is 15.4. The van der Waals surface area contributed by atoms with Gasteiger partial charge in [-0.1, -0.05) is 23.7 Å². The van der Waals surface area contributed by atoms with E-state index >= 15 is 0 Å². The number of methoxy groups -OCH3 is 1. The summed E-state index contributed by atoms with van der Waals surface area (Å²) in [5.74, 6) is -0.838. The molecule has 2 heterocycles. The van der Waals surface area contributed by atoms with Crippen molar-refractivity contribution in [2.24, 2.45) is 6.98 Å². The molecule has 0 radical (unpaired) electrons. The van der Waals surface area contributed by atoms with Gasteiger partial charge in [-0.25, -0.2) is 4.79 Å². The average molecular weight is 348 g/mol. The minimum absolute atomic E-state index is 0.0945. The second-order valence-corrected chi connectivity index (χ2v) is 5.24. The van der Waals surface area contributed by atoms with E-state index in [4.69, 9.17) is 15.7 Å². The molecule has 0 aliphatic heterocycles.